The molecule has 0 radical (unpaired) electrons. The number of aliphatic hydroxyl groups excluding tert-OH is 3. The van der Waals surface area contributed by atoms with Gasteiger partial charge in [0.1, 0.15) is 12.2 Å². The minimum atomic E-state index is -2.40. The summed E-state index contributed by atoms with van der Waals surface area (Å²) in [5.74, 6) is -5.22. The Bertz CT molecular complexity index is 957. The van der Waals surface area contributed by atoms with E-state index < -0.39 is 94.0 Å². The average molecular weight is 440 g/mol. The maximum atomic E-state index is 13.4. The van der Waals surface area contributed by atoms with Crippen LogP contribution >= 0.6 is 0 Å². The number of hydrogen-bond donors (Lipinski definition) is 4. The number of ether oxygens (including phenoxy) is 4. The summed E-state index contributed by atoms with van der Waals surface area (Å²) in [5.41, 5.74) is -9.40. The van der Waals surface area contributed by atoms with Crippen LogP contribution in [0.15, 0.2) is 0 Å². The van der Waals surface area contributed by atoms with Crippen molar-refractivity contribution in [2.75, 3.05) is 0 Å². The SMILES string of the molecule is C[C@@H]1C(=O)O[C@H]2C(O)C34[C@@H]5OC(=O)C3(O[C@@H]3OC(=O)[C@H](O)C34C(C(C)(C)C)[C@H]5O)[C@@]12O. The summed E-state index contributed by atoms with van der Waals surface area (Å²) >= 11 is 0. The van der Waals surface area contributed by atoms with Crippen molar-refractivity contribution in [2.45, 2.75) is 75.7 Å². The van der Waals surface area contributed by atoms with Crippen molar-refractivity contribution < 1.29 is 53.8 Å². The number of rotatable bonds is 0. The van der Waals surface area contributed by atoms with Crippen LogP contribution in [0.25, 0.3) is 0 Å². The normalized spacial score (nSPS) is 61.0. The highest BCUT2D eigenvalue weighted by Gasteiger charge is 3.05. The minimum absolute atomic E-state index is 0.792. The zero-order chi connectivity index (χ0) is 22.7. The van der Waals surface area contributed by atoms with Gasteiger partial charge in [-0.05, 0) is 12.3 Å². The molecule has 6 rings (SSSR count). The van der Waals surface area contributed by atoms with Crippen molar-refractivity contribution in [3.63, 3.8) is 0 Å². The Kier molecular flexibility index (Phi) is 3.15. The zero-order valence-corrected chi connectivity index (χ0v) is 17.3. The van der Waals surface area contributed by atoms with Crippen LogP contribution in [0.4, 0.5) is 0 Å². The number of carbonyl (C=O) groups is 3. The molecule has 0 amide bonds. The first kappa shape index (κ1) is 19.9. The zero-order valence-electron chi connectivity index (χ0n) is 17.3. The second-order valence-corrected chi connectivity index (χ2v) is 10.8. The van der Waals surface area contributed by atoms with Crippen LogP contribution in [-0.4, -0.2) is 86.3 Å². The molecule has 0 aromatic heterocycles. The van der Waals surface area contributed by atoms with Gasteiger partial charge in [0.2, 0.25) is 11.9 Å². The molecule has 2 spiro atoms. The first-order valence-electron chi connectivity index (χ1n) is 10.3. The topological polar surface area (TPSA) is 169 Å². The van der Waals surface area contributed by atoms with E-state index in [0.29, 0.717) is 0 Å². The first-order valence-corrected chi connectivity index (χ1v) is 10.3. The number of fused-ring (bicyclic) bond motifs is 1. The molecule has 2 aliphatic carbocycles. The van der Waals surface area contributed by atoms with Crippen molar-refractivity contribution >= 4 is 17.9 Å². The van der Waals surface area contributed by atoms with Crippen LogP contribution in [0.3, 0.4) is 0 Å². The standard InChI is InChI=1S/C20H24O11/c1-5-12(24)28-11-8(22)18-10-6(21)7(16(2,3)4)17(18)9(23)13(25)30-15(17)31-20(18,14(26)29-10)19(5,11)27/h5-11,15,21-23,27H,1-4H3/t5-,6-,7?,8?,9+,10-,11+,15+,17?,18?,19-,20?/m1/s1. The van der Waals surface area contributed by atoms with Crippen LogP contribution < -0.4 is 0 Å². The molecule has 5 unspecified atom stereocenters. The van der Waals surface area contributed by atoms with Crippen LogP contribution in [0.2, 0.25) is 0 Å². The van der Waals surface area contributed by atoms with Gasteiger partial charge in [0.05, 0.1) is 22.9 Å². The number of esters is 3. The molecule has 170 valence electrons. The predicted molar refractivity (Wildman–Crippen MR) is 93.4 cm³/mol. The second-order valence-electron chi connectivity index (χ2n) is 10.8. The van der Waals surface area contributed by atoms with Gasteiger partial charge in [0.25, 0.3) is 0 Å². The van der Waals surface area contributed by atoms with Gasteiger partial charge in [-0.15, -0.1) is 0 Å². The molecule has 0 aromatic rings. The molecule has 4 saturated heterocycles. The molecule has 31 heavy (non-hydrogen) atoms. The van der Waals surface area contributed by atoms with Crippen molar-refractivity contribution in [2.24, 2.45) is 28.1 Å². The maximum absolute atomic E-state index is 13.4. The third kappa shape index (κ3) is 1.43. The van der Waals surface area contributed by atoms with E-state index in [0.717, 1.165) is 0 Å². The van der Waals surface area contributed by atoms with Gasteiger partial charge in [0, 0.05) is 5.92 Å². The molecule has 0 aromatic carbocycles. The first-order chi connectivity index (χ1) is 14.3. The van der Waals surface area contributed by atoms with Gasteiger partial charge in [-0.3, -0.25) is 4.79 Å². The van der Waals surface area contributed by atoms with E-state index in [1.165, 1.54) is 6.92 Å². The maximum Gasteiger partial charge on any atom is 0.343 e. The molecular formula is C20H24O11. The van der Waals surface area contributed by atoms with Gasteiger partial charge in [-0.2, -0.15) is 0 Å². The van der Waals surface area contributed by atoms with E-state index in [9.17, 15) is 34.8 Å². The highest BCUT2D eigenvalue weighted by molar-refractivity contribution is 5.94. The molecule has 11 heteroatoms. The smallest absolute Gasteiger partial charge is 0.343 e. The molecule has 4 N–H and O–H groups in total. The fourth-order valence-electron chi connectivity index (χ4n) is 8.27. The van der Waals surface area contributed by atoms with Crippen molar-refractivity contribution in [3.8, 4) is 0 Å². The molecular weight excluding hydrogens is 416 g/mol. The van der Waals surface area contributed by atoms with E-state index in [4.69, 9.17) is 18.9 Å². The van der Waals surface area contributed by atoms with E-state index in [1.54, 1.807) is 20.8 Å². The summed E-state index contributed by atoms with van der Waals surface area (Å²) in [7, 11) is 0. The Morgan fingerprint density at radius 2 is 1.58 bits per heavy atom. The average Bonchev–Trinajstić information content (AvgIpc) is 3.35. The molecule has 2 saturated carbocycles. The lowest BCUT2D eigenvalue weighted by Crippen LogP contribution is -2.67. The molecule has 6 aliphatic rings. The van der Waals surface area contributed by atoms with Crippen LogP contribution in [0.5, 0.6) is 0 Å². The Morgan fingerprint density at radius 1 is 0.935 bits per heavy atom. The highest BCUT2D eigenvalue weighted by Crippen LogP contribution is 2.84. The quantitative estimate of drug-likeness (QED) is 0.234. The summed E-state index contributed by atoms with van der Waals surface area (Å²) in [6.45, 7) is 6.63. The lowest BCUT2D eigenvalue weighted by Gasteiger charge is -2.47. The fourth-order valence-corrected chi connectivity index (χ4v) is 8.27. The van der Waals surface area contributed by atoms with Crippen molar-refractivity contribution in [1.29, 1.82) is 0 Å². The molecule has 0 bridgehead atoms. The van der Waals surface area contributed by atoms with Gasteiger partial charge < -0.3 is 39.4 Å². The Balaban J connectivity index is 1.75. The second kappa shape index (κ2) is 4.91. The summed E-state index contributed by atoms with van der Waals surface area (Å²) in [6, 6.07) is 0. The van der Waals surface area contributed by atoms with Gasteiger partial charge in [-0.25, -0.2) is 9.59 Å². The van der Waals surface area contributed by atoms with E-state index in [-0.39, 0.29) is 0 Å². The van der Waals surface area contributed by atoms with Crippen molar-refractivity contribution in [1.82, 2.24) is 0 Å². The predicted octanol–water partition coefficient (Wildman–Crippen LogP) is -2.40. The van der Waals surface area contributed by atoms with E-state index in [2.05, 4.69) is 0 Å². The summed E-state index contributed by atoms with van der Waals surface area (Å²) in [4.78, 5) is 38.3. The highest BCUT2D eigenvalue weighted by atomic mass is 16.8. The molecule has 4 heterocycles. The van der Waals surface area contributed by atoms with Crippen molar-refractivity contribution in [3.05, 3.63) is 0 Å². The summed E-state index contributed by atoms with van der Waals surface area (Å²) < 4.78 is 22.2. The van der Waals surface area contributed by atoms with Crippen LogP contribution in [-0.2, 0) is 33.3 Å². The lowest BCUT2D eigenvalue weighted by atomic mass is 9.51. The lowest BCUT2D eigenvalue weighted by molar-refractivity contribution is -0.240. The van der Waals surface area contributed by atoms with Crippen LogP contribution in [0.1, 0.15) is 27.7 Å². The summed E-state index contributed by atoms with van der Waals surface area (Å²) in [6.07, 6.45) is -9.69. The number of hydrogen-bond acceptors (Lipinski definition) is 11. The fraction of sp³-hybridized carbons (Fsp3) is 0.850. The largest absolute Gasteiger partial charge is 0.456 e. The summed E-state index contributed by atoms with van der Waals surface area (Å²) in [5, 5.41) is 46.1. The third-order valence-corrected chi connectivity index (χ3v) is 8.95. The van der Waals surface area contributed by atoms with Gasteiger partial charge >= 0.3 is 17.9 Å². The third-order valence-electron chi connectivity index (χ3n) is 8.95. The number of carbonyl (C=O) groups excluding carboxylic acids is 3. The Hall–Kier alpha value is -1.79. The number of aliphatic hydroxyl groups is 4. The molecule has 4 aliphatic heterocycles. The van der Waals surface area contributed by atoms with Gasteiger partial charge in [-0.1, -0.05) is 20.8 Å². The molecule has 6 fully saturated rings. The Morgan fingerprint density at radius 3 is 2.19 bits per heavy atom. The van der Waals surface area contributed by atoms with Gasteiger partial charge in [0.15, 0.2) is 17.8 Å². The van der Waals surface area contributed by atoms with Crippen LogP contribution in [0, 0.1) is 28.1 Å². The molecule has 12 atom stereocenters. The Labute approximate surface area is 176 Å². The van der Waals surface area contributed by atoms with E-state index in [1.807, 2.05) is 0 Å². The van der Waals surface area contributed by atoms with E-state index >= 15 is 0 Å². The molecule has 11 nitrogen and oxygen atoms in total. The minimum Gasteiger partial charge on any atom is -0.456 e. The monoisotopic (exact) mass is 440 g/mol.